The molecule has 1 aliphatic rings. The summed E-state index contributed by atoms with van der Waals surface area (Å²) in [4.78, 5) is 29.4. The second-order valence-electron chi connectivity index (χ2n) is 10.2. The first-order valence-electron chi connectivity index (χ1n) is 13.4. The monoisotopic (exact) mass is 516 g/mol. The first-order chi connectivity index (χ1) is 18.0. The molecule has 5 heteroatoms. The summed E-state index contributed by atoms with van der Waals surface area (Å²) in [5.74, 6) is -0.0800. The van der Waals surface area contributed by atoms with Crippen molar-refractivity contribution in [1.29, 1.82) is 0 Å². The van der Waals surface area contributed by atoms with E-state index in [9.17, 15) is 9.59 Å². The summed E-state index contributed by atoms with van der Waals surface area (Å²) >= 11 is 6.12. The predicted octanol–water partition coefficient (Wildman–Crippen LogP) is 6.67. The van der Waals surface area contributed by atoms with E-state index in [0.29, 0.717) is 30.8 Å². The Morgan fingerprint density at radius 1 is 0.865 bits per heavy atom. The average Bonchev–Trinajstić information content (AvgIpc) is 2.92. The number of carbonyl (C=O) groups is 2. The molecule has 0 unspecified atom stereocenters. The maximum absolute atomic E-state index is 13.8. The van der Waals surface area contributed by atoms with Crippen molar-refractivity contribution in [1.82, 2.24) is 10.2 Å². The molecule has 0 radical (unpaired) electrons. The quantitative estimate of drug-likeness (QED) is 0.327. The van der Waals surface area contributed by atoms with Gasteiger partial charge in [-0.25, -0.2) is 0 Å². The van der Waals surface area contributed by atoms with Gasteiger partial charge in [0, 0.05) is 30.5 Å². The Hall–Kier alpha value is -3.11. The van der Waals surface area contributed by atoms with E-state index < -0.39 is 6.04 Å². The fraction of sp³-hybridized carbons (Fsp3) is 0.375. The van der Waals surface area contributed by atoms with Crippen molar-refractivity contribution in [3.63, 3.8) is 0 Å². The molecule has 194 valence electrons. The number of carbonyl (C=O) groups excluding carboxylic acids is 2. The van der Waals surface area contributed by atoms with E-state index in [-0.39, 0.29) is 17.9 Å². The van der Waals surface area contributed by atoms with Gasteiger partial charge in [0.2, 0.25) is 11.8 Å². The summed E-state index contributed by atoms with van der Waals surface area (Å²) < 4.78 is 0. The van der Waals surface area contributed by atoms with Gasteiger partial charge in [-0.3, -0.25) is 9.59 Å². The molecule has 3 aromatic rings. The lowest BCUT2D eigenvalue weighted by Gasteiger charge is -2.33. The van der Waals surface area contributed by atoms with Gasteiger partial charge in [-0.1, -0.05) is 103 Å². The van der Waals surface area contributed by atoms with Gasteiger partial charge in [0.05, 0.1) is 0 Å². The molecule has 1 fully saturated rings. The Balaban J connectivity index is 1.59. The minimum atomic E-state index is -0.592. The highest BCUT2D eigenvalue weighted by Gasteiger charge is 2.31. The summed E-state index contributed by atoms with van der Waals surface area (Å²) in [7, 11) is 0. The normalized spacial score (nSPS) is 14.6. The predicted molar refractivity (Wildman–Crippen MR) is 150 cm³/mol. The SMILES string of the molecule is Cc1ccc(CCC(=O)N(Cc2ccc(Cl)cc2)[C@H](Cc2ccccc2)C(=O)NC2CCCCC2)cc1. The molecule has 1 saturated carbocycles. The van der Waals surface area contributed by atoms with Crippen LogP contribution in [0.5, 0.6) is 0 Å². The number of hydrogen-bond acceptors (Lipinski definition) is 2. The lowest BCUT2D eigenvalue weighted by atomic mass is 9.94. The van der Waals surface area contributed by atoms with Crippen molar-refractivity contribution in [3.05, 3.63) is 106 Å². The fourth-order valence-corrected chi connectivity index (χ4v) is 5.16. The maximum Gasteiger partial charge on any atom is 0.243 e. The van der Waals surface area contributed by atoms with E-state index in [1.54, 1.807) is 4.90 Å². The zero-order chi connectivity index (χ0) is 26.0. The van der Waals surface area contributed by atoms with Crippen LogP contribution in [0.3, 0.4) is 0 Å². The lowest BCUT2D eigenvalue weighted by Crippen LogP contribution is -2.52. The molecule has 37 heavy (non-hydrogen) atoms. The van der Waals surface area contributed by atoms with E-state index in [4.69, 9.17) is 11.6 Å². The number of halogens is 1. The van der Waals surface area contributed by atoms with E-state index in [0.717, 1.165) is 42.4 Å². The molecule has 4 rings (SSSR count). The molecule has 1 aliphatic carbocycles. The second-order valence-corrected chi connectivity index (χ2v) is 10.6. The van der Waals surface area contributed by atoms with Crippen LogP contribution in [0.4, 0.5) is 0 Å². The van der Waals surface area contributed by atoms with Crippen LogP contribution >= 0.6 is 11.6 Å². The van der Waals surface area contributed by atoms with Gasteiger partial charge in [-0.05, 0) is 55.0 Å². The Morgan fingerprint density at radius 3 is 2.19 bits per heavy atom. The van der Waals surface area contributed by atoms with Crippen LogP contribution in [0.1, 0.15) is 60.8 Å². The van der Waals surface area contributed by atoms with Gasteiger partial charge < -0.3 is 10.2 Å². The van der Waals surface area contributed by atoms with Crippen LogP contribution in [0.2, 0.25) is 5.02 Å². The van der Waals surface area contributed by atoms with Crippen molar-refractivity contribution in [2.24, 2.45) is 0 Å². The van der Waals surface area contributed by atoms with Crippen molar-refractivity contribution >= 4 is 23.4 Å². The molecule has 2 amide bonds. The van der Waals surface area contributed by atoms with Gasteiger partial charge in [-0.2, -0.15) is 0 Å². The number of benzene rings is 3. The minimum absolute atomic E-state index is 0.0183. The molecule has 0 heterocycles. The van der Waals surface area contributed by atoms with E-state index in [2.05, 4.69) is 36.5 Å². The van der Waals surface area contributed by atoms with E-state index in [1.165, 1.54) is 12.0 Å². The highest BCUT2D eigenvalue weighted by atomic mass is 35.5. The van der Waals surface area contributed by atoms with Crippen molar-refractivity contribution in [2.75, 3.05) is 0 Å². The van der Waals surface area contributed by atoms with Gasteiger partial charge in [0.25, 0.3) is 0 Å². The maximum atomic E-state index is 13.8. The summed E-state index contributed by atoms with van der Waals surface area (Å²) in [6.07, 6.45) is 6.96. The van der Waals surface area contributed by atoms with Gasteiger partial charge in [0.15, 0.2) is 0 Å². The number of nitrogens with one attached hydrogen (secondary N) is 1. The van der Waals surface area contributed by atoms with Crippen molar-refractivity contribution < 1.29 is 9.59 Å². The Bertz CT molecular complexity index is 1140. The van der Waals surface area contributed by atoms with Crippen LogP contribution in [0.25, 0.3) is 0 Å². The zero-order valence-electron chi connectivity index (χ0n) is 21.7. The van der Waals surface area contributed by atoms with Gasteiger partial charge in [-0.15, -0.1) is 0 Å². The first-order valence-corrected chi connectivity index (χ1v) is 13.8. The highest BCUT2D eigenvalue weighted by Crippen LogP contribution is 2.21. The Morgan fingerprint density at radius 2 is 1.51 bits per heavy atom. The van der Waals surface area contributed by atoms with Crippen molar-refractivity contribution in [3.8, 4) is 0 Å². The average molecular weight is 517 g/mol. The van der Waals surface area contributed by atoms with Crippen LogP contribution in [-0.2, 0) is 29.0 Å². The molecule has 0 aliphatic heterocycles. The summed E-state index contributed by atoms with van der Waals surface area (Å²) in [5.41, 5.74) is 4.31. The number of aryl methyl sites for hydroxylation is 2. The smallest absolute Gasteiger partial charge is 0.243 e. The highest BCUT2D eigenvalue weighted by molar-refractivity contribution is 6.30. The van der Waals surface area contributed by atoms with Crippen molar-refractivity contribution in [2.45, 2.75) is 76.9 Å². The molecule has 1 atom stereocenters. The summed E-state index contributed by atoms with van der Waals surface area (Å²) in [6.45, 7) is 2.42. The van der Waals surface area contributed by atoms with Crippen LogP contribution in [-0.4, -0.2) is 28.8 Å². The second kappa shape index (κ2) is 13.4. The van der Waals surface area contributed by atoms with Crippen LogP contribution < -0.4 is 5.32 Å². The third kappa shape index (κ3) is 8.19. The fourth-order valence-electron chi connectivity index (χ4n) is 5.03. The standard InChI is InChI=1S/C32H37ClN2O2/c1-24-12-14-25(15-13-24)18-21-31(36)35(23-27-16-19-28(33)20-17-27)30(22-26-8-4-2-5-9-26)32(37)34-29-10-6-3-7-11-29/h2,4-5,8-9,12-17,19-20,29-30H,3,6-7,10-11,18,21-23H2,1H3,(H,34,37)/t30-/m1/s1. The van der Waals surface area contributed by atoms with Gasteiger partial charge in [0.1, 0.15) is 6.04 Å². The molecule has 1 N–H and O–H groups in total. The first kappa shape index (κ1) is 26.9. The summed E-state index contributed by atoms with van der Waals surface area (Å²) in [6, 6.07) is 25.4. The zero-order valence-corrected chi connectivity index (χ0v) is 22.4. The molecule has 0 spiro atoms. The number of amides is 2. The van der Waals surface area contributed by atoms with E-state index in [1.807, 2.05) is 54.6 Å². The molecular weight excluding hydrogens is 480 g/mol. The number of hydrogen-bond donors (Lipinski definition) is 1. The molecule has 4 nitrogen and oxygen atoms in total. The lowest BCUT2D eigenvalue weighted by molar-refractivity contribution is -0.141. The molecule has 3 aromatic carbocycles. The summed E-state index contributed by atoms with van der Waals surface area (Å²) in [5, 5.41) is 3.95. The number of nitrogens with zero attached hydrogens (tertiary/aromatic N) is 1. The largest absolute Gasteiger partial charge is 0.352 e. The number of rotatable bonds is 10. The Labute approximate surface area is 226 Å². The topological polar surface area (TPSA) is 49.4 Å². The Kier molecular flexibility index (Phi) is 9.78. The molecule has 0 aromatic heterocycles. The van der Waals surface area contributed by atoms with Crippen LogP contribution in [0.15, 0.2) is 78.9 Å². The molecule has 0 bridgehead atoms. The third-order valence-electron chi connectivity index (χ3n) is 7.24. The minimum Gasteiger partial charge on any atom is -0.352 e. The third-order valence-corrected chi connectivity index (χ3v) is 7.49. The molecular formula is C32H37ClN2O2. The van der Waals surface area contributed by atoms with Gasteiger partial charge >= 0.3 is 0 Å². The van der Waals surface area contributed by atoms with Crippen LogP contribution in [0, 0.1) is 6.92 Å². The molecule has 0 saturated heterocycles. The van der Waals surface area contributed by atoms with E-state index >= 15 is 0 Å².